The van der Waals surface area contributed by atoms with Gasteiger partial charge in [-0.05, 0) is 11.6 Å². The van der Waals surface area contributed by atoms with Gasteiger partial charge in [0, 0.05) is 44.0 Å². The molecular weight excluding hydrogens is 422 g/mol. The molecule has 31 heavy (non-hydrogen) atoms. The molecule has 1 amide bonds. The van der Waals surface area contributed by atoms with Crippen LogP contribution in [-0.2, 0) is 16.1 Å². The molecule has 0 aliphatic rings. The molecule has 0 radical (unpaired) electrons. The second-order valence-electron chi connectivity index (χ2n) is 6.34. The lowest BCUT2D eigenvalue weighted by atomic mass is 10.2. The van der Waals surface area contributed by atoms with Crippen molar-refractivity contribution in [1.29, 1.82) is 0 Å². The van der Waals surface area contributed by atoms with Gasteiger partial charge in [-0.15, -0.1) is 0 Å². The zero-order valence-corrected chi connectivity index (χ0v) is 18.0. The van der Waals surface area contributed by atoms with Crippen LogP contribution in [0.2, 0.25) is 0 Å². The van der Waals surface area contributed by atoms with E-state index in [4.69, 9.17) is 14.2 Å². The number of hydrogen-bond acceptors (Lipinski definition) is 7. The summed E-state index contributed by atoms with van der Waals surface area (Å²) in [4.78, 5) is 27.6. The van der Waals surface area contributed by atoms with E-state index >= 15 is 0 Å². The van der Waals surface area contributed by atoms with Gasteiger partial charge >= 0.3 is 0 Å². The second kappa shape index (κ2) is 10.0. The van der Waals surface area contributed by atoms with E-state index in [0.717, 1.165) is 10.2 Å². The minimum Gasteiger partial charge on any atom is -0.493 e. The predicted molar refractivity (Wildman–Crippen MR) is 117 cm³/mol. The topological polar surface area (TPSA) is 105 Å². The summed E-state index contributed by atoms with van der Waals surface area (Å²) in [6.45, 7) is 0.928. The van der Waals surface area contributed by atoms with Crippen molar-refractivity contribution < 1.29 is 23.9 Å². The Morgan fingerprint density at radius 2 is 1.94 bits per heavy atom. The Morgan fingerprint density at radius 1 is 1.19 bits per heavy atom. The summed E-state index contributed by atoms with van der Waals surface area (Å²) in [6, 6.07) is 9.69. The number of non-ortho nitro benzene ring substituents is 1. The highest BCUT2D eigenvalue weighted by atomic mass is 32.1. The summed E-state index contributed by atoms with van der Waals surface area (Å²) >= 11 is 1.34. The van der Waals surface area contributed by atoms with Crippen LogP contribution in [0.4, 0.5) is 5.69 Å². The normalized spacial score (nSPS) is 11.9. The maximum atomic E-state index is 12.5. The third-order valence-corrected chi connectivity index (χ3v) is 5.45. The van der Waals surface area contributed by atoms with Gasteiger partial charge in [0.1, 0.15) is 0 Å². The van der Waals surface area contributed by atoms with Gasteiger partial charge in [-0.25, -0.2) is 0 Å². The lowest BCUT2D eigenvalue weighted by molar-refractivity contribution is -0.384. The van der Waals surface area contributed by atoms with E-state index in [2.05, 4.69) is 4.99 Å². The van der Waals surface area contributed by atoms with Gasteiger partial charge in [-0.1, -0.05) is 23.5 Å². The van der Waals surface area contributed by atoms with Crippen LogP contribution in [0.5, 0.6) is 11.5 Å². The highest BCUT2D eigenvalue weighted by molar-refractivity contribution is 7.16. The number of carbonyl (C=O) groups excluding carboxylic acids is 1. The Labute approximate surface area is 182 Å². The van der Waals surface area contributed by atoms with E-state index in [1.165, 1.54) is 35.6 Å². The fourth-order valence-corrected chi connectivity index (χ4v) is 3.99. The van der Waals surface area contributed by atoms with Crippen molar-refractivity contribution in [2.24, 2.45) is 4.99 Å². The molecule has 0 aliphatic heterocycles. The lowest BCUT2D eigenvalue weighted by Crippen LogP contribution is -2.19. The fourth-order valence-electron chi connectivity index (χ4n) is 2.92. The van der Waals surface area contributed by atoms with E-state index in [1.54, 1.807) is 33.5 Å². The van der Waals surface area contributed by atoms with Crippen molar-refractivity contribution in [3.63, 3.8) is 0 Å². The zero-order valence-electron chi connectivity index (χ0n) is 17.2. The van der Waals surface area contributed by atoms with Crippen LogP contribution in [0, 0.1) is 10.1 Å². The number of nitro benzene ring substituents is 1. The SMILES string of the molecule is COCCn1c(=NC(=O)/C=C/c2cccc([N+](=O)[O-])c2)sc2cc(OC)c(OC)cc21. The van der Waals surface area contributed by atoms with E-state index in [1.807, 2.05) is 16.7 Å². The monoisotopic (exact) mass is 443 g/mol. The van der Waals surface area contributed by atoms with Gasteiger partial charge in [0.25, 0.3) is 11.6 Å². The van der Waals surface area contributed by atoms with Crippen molar-refractivity contribution in [2.75, 3.05) is 27.9 Å². The maximum Gasteiger partial charge on any atom is 0.272 e. The Bertz CT molecular complexity index is 1210. The summed E-state index contributed by atoms with van der Waals surface area (Å²) in [5.74, 6) is 0.671. The molecule has 3 rings (SSSR count). The van der Waals surface area contributed by atoms with Crippen LogP contribution < -0.4 is 14.3 Å². The Hall–Kier alpha value is -3.50. The fraction of sp³-hybridized carbons (Fsp3) is 0.238. The second-order valence-corrected chi connectivity index (χ2v) is 7.35. The number of methoxy groups -OCH3 is 3. The summed E-state index contributed by atoms with van der Waals surface area (Å²) < 4.78 is 18.7. The Kier molecular flexibility index (Phi) is 7.16. The zero-order chi connectivity index (χ0) is 22.4. The van der Waals surface area contributed by atoms with Crippen molar-refractivity contribution in [3.8, 4) is 11.5 Å². The Morgan fingerprint density at radius 3 is 2.61 bits per heavy atom. The van der Waals surface area contributed by atoms with Crippen LogP contribution in [-0.4, -0.2) is 43.3 Å². The highest BCUT2D eigenvalue weighted by Gasteiger charge is 2.13. The molecule has 9 nitrogen and oxygen atoms in total. The van der Waals surface area contributed by atoms with Crippen LogP contribution in [0.25, 0.3) is 16.3 Å². The number of nitrogens with zero attached hydrogens (tertiary/aromatic N) is 3. The van der Waals surface area contributed by atoms with Gasteiger partial charge < -0.3 is 18.8 Å². The van der Waals surface area contributed by atoms with Crippen LogP contribution in [0.15, 0.2) is 47.5 Å². The van der Waals surface area contributed by atoms with Crippen LogP contribution in [0.1, 0.15) is 5.56 Å². The smallest absolute Gasteiger partial charge is 0.272 e. The molecule has 1 aromatic heterocycles. The van der Waals surface area contributed by atoms with Gasteiger partial charge in [0.05, 0.1) is 36.0 Å². The molecule has 3 aromatic rings. The lowest BCUT2D eigenvalue weighted by Gasteiger charge is -2.09. The highest BCUT2D eigenvalue weighted by Crippen LogP contribution is 2.33. The summed E-state index contributed by atoms with van der Waals surface area (Å²) in [6.07, 6.45) is 2.78. The van der Waals surface area contributed by atoms with Crippen molar-refractivity contribution in [1.82, 2.24) is 4.57 Å². The van der Waals surface area contributed by atoms with Gasteiger partial charge in [0.2, 0.25) is 0 Å². The summed E-state index contributed by atoms with van der Waals surface area (Å²) in [5.41, 5.74) is 1.33. The molecule has 10 heteroatoms. The number of amides is 1. The average molecular weight is 443 g/mol. The quantitative estimate of drug-likeness (QED) is 0.300. The minimum atomic E-state index is -0.484. The molecule has 1 heterocycles. The minimum absolute atomic E-state index is 0.0450. The molecule has 0 bridgehead atoms. The number of thiazole rings is 1. The molecule has 0 N–H and O–H groups in total. The maximum absolute atomic E-state index is 12.5. The number of carbonyl (C=O) groups is 1. The first-order valence-electron chi connectivity index (χ1n) is 9.22. The van der Waals surface area contributed by atoms with E-state index < -0.39 is 10.8 Å². The number of benzene rings is 2. The van der Waals surface area contributed by atoms with Crippen LogP contribution in [0.3, 0.4) is 0 Å². The molecule has 0 fully saturated rings. The predicted octanol–water partition coefficient (Wildman–Crippen LogP) is 3.42. The van der Waals surface area contributed by atoms with Crippen LogP contribution >= 0.6 is 11.3 Å². The number of ether oxygens (including phenoxy) is 3. The molecule has 2 aromatic carbocycles. The number of nitro groups is 1. The van der Waals surface area contributed by atoms with Gasteiger partial charge in [0.15, 0.2) is 16.3 Å². The molecule has 0 aliphatic carbocycles. The molecule has 0 atom stereocenters. The van der Waals surface area contributed by atoms with E-state index in [9.17, 15) is 14.9 Å². The first kappa shape index (κ1) is 22.2. The van der Waals surface area contributed by atoms with Crippen molar-refractivity contribution in [3.05, 3.63) is 63.0 Å². The first-order valence-corrected chi connectivity index (χ1v) is 10.0. The van der Waals surface area contributed by atoms with Gasteiger partial charge in [-0.3, -0.25) is 14.9 Å². The number of aromatic nitrogens is 1. The number of fused-ring (bicyclic) bond motifs is 1. The third-order valence-electron chi connectivity index (χ3n) is 4.41. The molecule has 0 saturated carbocycles. The summed E-state index contributed by atoms with van der Waals surface area (Å²) in [5, 5.41) is 10.9. The summed E-state index contributed by atoms with van der Waals surface area (Å²) in [7, 11) is 4.72. The van der Waals surface area contributed by atoms with Gasteiger partial charge in [-0.2, -0.15) is 4.99 Å². The number of rotatable bonds is 8. The standard InChI is InChI=1S/C21H21N3O6S/c1-28-10-9-23-16-12-17(29-2)18(30-3)13-19(16)31-21(23)22-20(25)8-7-14-5-4-6-15(11-14)24(26)27/h4-8,11-13H,9-10H2,1-3H3/b8-7+,22-21?. The third kappa shape index (κ3) is 5.16. The van der Waals surface area contributed by atoms with E-state index in [-0.39, 0.29) is 5.69 Å². The Balaban J connectivity index is 2.00. The molecular formula is C21H21N3O6S. The molecule has 0 spiro atoms. The molecule has 0 unspecified atom stereocenters. The average Bonchev–Trinajstić information content (AvgIpc) is 3.10. The number of hydrogen-bond donors (Lipinski definition) is 0. The largest absolute Gasteiger partial charge is 0.493 e. The van der Waals surface area contributed by atoms with E-state index in [0.29, 0.717) is 35.0 Å². The molecule has 162 valence electrons. The molecule has 0 saturated heterocycles. The van der Waals surface area contributed by atoms with Crippen molar-refractivity contribution in [2.45, 2.75) is 6.54 Å². The van der Waals surface area contributed by atoms with Crippen molar-refractivity contribution >= 4 is 39.2 Å². The first-order chi connectivity index (χ1) is 15.0.